The van der Waals surface area contributed by atoms with Crippen LogP contribution in [-0.2, 0) is 18.6 Å². The van der Waals surface area contributed by atoms with Crippen LogP contribution in [-0.4, -0.2) is 67.5 Å². The summed E-state index contributed by atoms with van der Waals surface area (Å²) in [7, 11) is 2.13. The molecule has 0 radical (unpaired) electrons. The van der Waals surface area contributed by atoms with E-state index in [2.05, 4.69) is 45.9 Å². The third-order valence-electron chi connectivity index (χ3n) is 7.37. The second-order valence-electron chi connectivity index (χ2n) is 10.2. The maximum Gasteiger partial charge on any atom is 0.278 e. The van der Waals surface area contributed by atoms with Gasteiger partial charge < -0.3 is 20.2 Å². The summed E-state index contributed by atoms with van der Waals surface area (Å²) in [4.78, 5) is 31.7. The molecule has 1 unspecified atom stereocenters. The van der Waals surface area contributed by atoms with Gasteiger partial charge in [-0.15, -0.1) is 6.58 Å². The van der Waals surface area contributed by atoms with Crippen LogP contribution < -0.4 is 15.8 Å². The molecule has 1 aromatic carbocycles. The number of nitrogens with one attached hydrogen (secondary N) is 1. The SMILES string of the molecule is C=CCn1c(=O)c2cnc(Nc3c#cc(N4CCN(C)CC4)cc3)nc2n1-c1ccc2c(n1)C(C)(O)CC2. The first-order valence-corrected chi connectivity index (χ1v) is 12.8. The molecule has 2 aliphatic rings. The number of hydrogen-bond donors (Lipinski definition) is 2. The smallest absolute Gasteiger partial charge is 0.278 e. The Bertz CT molecular complexity index is 1560. The number of aromatic nitrogens is 5. The zero-order valence-corrected chi connectivity index (χ0v) is 21.6. The number of anilines is 3. The van der Waals surface area contributed by atoms with Crippen LogP contribution in [0.1, 0.15) is 24.6 Å². The van der Waals surface area contributed by atoms with Crippen molar-refractivity contribution in [3.63, 3.8) is 0 Å². The van der Waals surface area contributed by atoms with E-state index in [0.29, 0.717) is 40.6 Å². The van der Waals surface area contributed by atoms with Gasteiger partial charge in [0.2, 0.25) is 5.95 Å². The molecule has 1 aliphatic carbocycles. The van der Waals surface area contributed by atoms with Crippen molar-refractivity contribution in [1.82, 2.24) is 29.2 Å². The zero-order chi connectivity index (χ0) is 26.4. The number of likely N-dealkylation sites (N-methyl/N-ethyl adjacent to an activating group) is 1. The average Bonchev–Trinajstić information content (AvgIpc) is 3.37. The van der Waals surface area contributed by atoms with Gasteiger partial charge in [0.15, 0.2) is 11.5 Å². The number of hydrogen-bond acceptors (Lipinski definition) is 8. The number of nitrogens with zero attached hydrogens (tertiary/aromatic N) is 7. The zero-order valence-electron chi connectivity index (χ0n) is 21.6. The second-order valence-corrected chi connectivity index (χ2v) is 10.2. The summed E-state index contributed by atoms with van der Waals surface area (Å²) in [5.74, 6) is 0.827. The van der Waals surface area contributed by atoms with Crippen LogP contribution in [0.25, 0.3) is 16.9 Å². The highest BCUT2D eigenvalue weighted by Gasteiger charge is 2.34. The number of pyridine rings is 1. The minimum absolute atomic E-state index is 0.239. The molecule has 1 fully saturated rings. The second kappa shape index (κ2) is 9.28. The Morgan fingerprint density at radius 3 is 2.71 bits per heavy atom. The van der Waals surface area contributed by atoms with Gasteiger partial charge in [-0.05, 0) is 62.7 Å². The van der Waals surface area contributed by atoms with Crippen LogP contribution in [0.5, 0.6) is 0 Å². The standard InChI is InChI=1S/C28H30N8O2/c1-4-13-35-26(37)22-18-29-27(30-20-6-8-21(9-7-20)34-16-14-33(3)15-17-34)32-25(22)36(35)23-10-5-19-11-12-28(2,38)24(19)31-23/h4-6,8,10,18,38H,1,11-17H2,2-3H3,(H,29,30,32). The highest BCUT2D eigenvalue weighted by atomic mass is 16.3. The highest BCUT2D eigenvalue weighted by Crippen LogP contribution is 2.35. The molecule has 6 rings (SSSR count). The van der Waals surface area contributed by atoms with Crippen LogP contribution in [0, 0.1) is 12.1 Å². The molecule has 194 valence electrons. The minimum atomic E-state index is -1.01. The van der Waals surface area contributed by atoms with Crippen LogP contribution in [0.15, 0.2) is 47.9 Å². The quantitative estimate of drug-likeness (QED) is 0.381. The molecular formula is C28H30N8O2. The molecule has 1 atom stereocenters. The molecule has 0 spiro atoms. The Morgan fingerprint density at radius 1 is 1.16 bits per heavy atom. The maximum absolute atomic E-state index is 13.2. The summed E-state index contributed by atoms with van der Waals surface area (Å²) in [6.45, 7) is 9.80. The third-order valence-corrected chi connectivity index (χ3v) is 7.37. The van der Waals surface area contributed by atoms with Crippen molar-refractivity contribution in [1.29, 1.82) is 0 Å². The van der Waals surface area contributed by atoms with Gasteiger partial charge in [0, 0.05) is 32.4 Å². The summed E-state index contributed by atoms with van der Waals surface area (Å²) in [6, 6.07) is 14.2. The molecule has 0 amide bonds. The number of aliphatic hydroxyl groups is 1. The van der Waals surface area contributed by atoms with Gasteiger partial charge in [-0.25, -0.2) is 19.3 Å². The number of piperazine rings is 1. The Kier molecular flexibility index (Phi) is 5.90. The van der Waals surface area contributed by atoms with Gasteiger partial charge in [0.1, 0.15) is 11.0 Å². The van der Waals surface area contributed by atoms with Gasteiger partial charge in [-0.3, -0.25) is 4.79 Å². The lowest BCUT2D eigenvalue weighted by molar-refractivity contribution is 0.0553. The molecule has 1 saturated heterocycles. The Labute approximate surface area is 220 Å². The topological polar surface area (TPSA) is 104 Å². The number of fused-ring (bicyclic) bond motifs is 2. The number of allylic oxidation sites excluding steroid dienone is 1. The lowest BCUT2D eigenvalue weighted by Gasteiger charge is -2.33. The largest absolute Gasteiger partial charge is 0.384 e. The van der Waals surface area contributed by atoms with Crippen molar-refractivity contribution < 1.29 is 5.11 Å². The van der Waals surface area contributed by atoms with E-state index in [0.717, 1.165) is 43.9 Å². The van der Waals surface area contributed by atoms with E-state index in [1.165, 1.54) is 10.9 Å². The van der Waals surface area contributed by atoms with E-state index >= 15 is 0 Å². The van der Waals surface area contributed by atoms with E-state index < -0.39 is 5.60 Å². The molecular weight excluding hydrogens is 480 g/mol. The maximum atomic E-state index is 13.2. The van der Waals surface area contributed by atoms with Gasteiger partial charge in [-0.1, -0.05) is 12.1 Å². The summed E-state index contributed by atoms with van der Waals surface area (Å²) in [6.07, 6.45) is 4.55. The van der Waals surface area contributed by atoms with Gasteiger partial charge in [0.25, 0.3) is 5.56 Å². The van der Waals surface area contributed by atoms with E-state index in [1.807, 2.05) is 24.3 Å². The molecule has 10 nitrogen and oxygen atoms in total. The molecule has 0 saturated carbocycles. The highest BCUT2D eigenvalue weighted by molar-refractivity contribution is 5.77. The average molecular weight is 511 g/mol. The molecule has 1 aliphatic heterocycles. The summed E-state index contributed by atoms with van der Waals surface area (Å²) in [5, 5.41) is 14.4. The number of aryl methyl sites for hydroxylation is 1. The van der Waals surface area contributed by atoms with Crippen molar-refractivity contribution in [3.05, 3.63) is 76.9 Å². The normalized spacial score (nSPS) is 19.4. The van der Waals surface area contributed by atoms with Crippen molar-refractivity contribution in [2.75, 3.05) is 43.4 Å². The van der Waals surface area contributed by atoms with Gasteiger partial charge in [0.05, 0.1) is 23.6 Å². The monoisotopic (exact) mass is 510 g/mol. The van der Waals surface area contributed by atoms with Crippen LogP contribution >= 0.6 is 0 Å². The Hall–Kier alpha value is -4.20. The number of rotatable bonds is 6. The predicted octanol–water partition coefficient (Wildman–Crippen LogP) is 2.41. The molecule has 10 heteroatoms. The summed E-state index contributed by atoms with van der Waals surface area (Å²) < 4.78 is 3.20. The fourth-order valence-corrected chi connectivity index (χ4v) is 5.17. The molecule has 2 N–H and O–H groups in total. The van der Waals surface area contributed by atoms with Crippen molar-refractivity contribution >= 4 is 28.4 Å². The van der Waals surface area contributed by atoms with Crippen LogP contribution in [0.4, 0.5) is 17.3 Å². The molecule has 0 bridgehead atoms. The lowest BCUT2D eigenvalue weighted by atomic mass is 10.0. The molecule has 4 aromatic rings. The first-order valence-electron chi connectivity index (χ1n) is 12.8. The first kappa shape index (κ1) is 24.2. The van der Waals surface area contributed by atoms with Gasteiger partial charge >= 0.3 is 0 Å². The Balaban J connectivity index is 1.36. The van der Waals surface area contributed by atoms with E-state index in [9.17, 15) is 9.90 Å². The first-order chi connectivity index (χ1) is 18.3. The summed E-state index contributed by atoms with van der Waals surface area (Å²) >= 11 is 0. The molecule has 4 heterocycles. The predicted molar refractivity (Wildman–Crippen MR) is 146 cm³/mol. The molecule has 3 aromatic heterocycles. The lowest BCUT2D eigenvalue weighted by Crippen LogP contribution is -2.44. The Morgan fingerprint density at radius 2 is 1.97 bits per heavy atom. The van der Waals surface area contributed by atoms with Gasteiger partial charge in [-0.2, -0.15) is 4.98 Å². The van der Waals surface area contributed by atoms with E-state index in [4.69, 9.17) is 9.97 Å². The van der Waals surface area contributed by atoms with E-state index in [1.54, 1.807) is 17.7 Å². The fraction of sp³-hybridized carbons (Fsp3) is 0.357. The third kappa shape index (κ3) is 4.20. The molecule has 38 heavy (non-hydrogen) atoms. The van der Waals surface area contributed by atoms with Crippen LogP contribution in [0.3, 0.4) is 0 Å². The van der Waals surface area contributed by atoms with Crippen molar-refractivity contribution in [2.24, 2.45) is 0 Å². The summed E-state index contributed by atoms with van der Waals surface area (Å²) in [5.41, 5.74) is 2.49. The van der Waals surface area contributed by atoms with E-state index in [-0.39, 0.29) is 12.1 Å². The minimum Gasteiger partial charge on any atom is -0.384 e. The fourth-order valence-electron chi connectivity index (χ4n) is 5.17. The van der Waals surface area contributed by atoms with Crippen LogP contribution in [0.2, 0.25) is 0 Å². The van der Waals surface area contributed by atoms with Crippen molar-refractivity contribution in [3.8, 4) is 5.82 Å². The van der Waals surface area contributed by atoms with Crippen molar-refractivity contribution in [2.45, 2.75) is 31.9 Å².